The predicted octanol–water partition coefficient (Wildman–Crippen LogP) is 3.41. The van der Waals surface area contributed by atoms with E-state index in [1.54, 1.807) is 18.4 Å². The number of hydrogen-bond acceptors (Lipinski definition) is 4. The van der Waals surface area contributed by atoms with Gasteiger partial charge < -0.3 is 10.1 Å². The second-order valence-electron chi connectivity index (χ2n) is 5.97. The van der Waals surface area contributed by atoms with E-state index in [0.29, 0.717) is 11.7 Å². The summed E-state index contributed by atoms with van der Waals surface area (Å²) in [5, 5.41) is 3.61. The van der Waals surface area contributed by atoms with Gasteiger partial charge in [0, 0.05) is 24.6 Å². The molecule has 1 aliphatic carbocycles. The maximum atomic E-state index is 12.3. The molecule has 0 saturated heterocycles. The number of carbonyl (C=O) groups excluding carboxylic acids is 1. The first-order valence-electron chi connectivity index (χ1n) is 7.42. The van der Waals surface area contributed by atoms with Crippen LogP contribution in [-0.4, -0.2) is 24.6 Å². The third-order valence-electron chi connectivity index (χ3n) is 3.99. The molecule has 1 N–H and O–H groups in total. The van der Waals surface area contributed by atoms with Gasteiger partial charge in [0.2, 0.25) is 5.91 Å². The molecular weight excluding hydrogens is 296 g/mol. The van der Waals surface area contributed by atoms with Crippen molar-refractivity contribution in [2.75, 3.05) is 19.0 Å². The topological polar surface area (TPSA) is 51.2 Å². The Morgan fingerprint density at radius 3 is 2.95 bits per heavy atom. The van der Waals surface area contributed by atoms with Crippen molar-refractivity contribution in [3.8, 4) is 0 Å². The van der Waals surface area contributed by atoms with Gasteiger partial charge >= 0.3 is 0 Å². The Balaban J connectivity index is 1.63. The lowest BCUT2D eigenvalue weighted by atomic mass is 10.1. The number of anilines is 1. The van der Waals surface area contributed by atoms with Crippen LogP contribution in [0.4, 0.5) is 5.13 Å². The first-order valence-corrected chi connectivity index (χ1v) is 8.24. The van der Waals surface area contributed by atoms with Crippen LogP contribution in [0.15, 0.2) is 30.5 Å². The molecule has 1 aliphatic rings. The number of rotatable bonds is 6. The number of amides is 1. The maximum absolute atomic E-state index is 12.3. The molecule has 3 rings (SSSR count). The first kappa shape index (κ1) is 15.2. The van der Waals surface area contributed by atoms with E-state index in [2.05, 4.69) is 41.5 Å². The molecule has 0 radical (unpaired) electrons. The second kappa shape index (κ2) is 6.18. The molecule has 0 aliphatic heterocycles. The average Bonchev–Trinajstić information content (AvgIpc) is 3.14. The number of aromatic nitrogens is 1. The monoisotopic (exact) mass is 316 g/mol. The van der Waals surface area contributed by atoms with Crippen molar-refractivity contribution in [2.45, 2.75) is 26.2 Å². The van der Waals surface area contributed by atoms with Gasteiger partial charge in [-0.3, -0.25) is 4.79 Å². The number of benzene rings is 1. The number of aryl methyl sites for hydroxylation is 1. The van der Waals surface area contributed by atoms with E-state index in [1.165, 1.54) is 11.1 Å². The predicted molar refractivity (Wildman–Crippen MR) is 88.3 cm³/mol. The molecule has 22 heavy (non-hydrogen) atoms. The Bertz CT molecular complexity index is 677. The summed E-state index contributed by atoms with van der Waals surface area (Å²) in [6.45, 7) is 2.58. The van der Waals surface area contributed by atoms with Gasteiger partial charge in [-0.2, -0.15) is 0 Å². The van der Waals surface area contributed by atoms with Gasteiger partial charge in [0.1, 0.15) is 0 Å². The standard InChI is InChI=1S/C17H20N2O2S/c1-12-4-3-5-13(8-12)9-14-10-18-16(22-14)19-15(20)17(6-7-17)11-21-2/h3-5,8,10H,6-7,9,11H2,1-2H3,(H,18,19,20). The Morgan fingerprint density at radius 1 is 1.45 bits per heavy atom. The zero-order chi connectivity index (χ0) is 15.6. The van der Waals surface area contributed by atoms with Crippen LogP contribution in [0.3, 0.4) is 0 Å². The van der Waals surface area contributed by atoms with Crippen molar-refractivity contribution in [1.82, 2.24) is 4.98 Å². The highest BCUT2D eigenvalue weighted by atomic mass is 32.1. The lowest BCUT2D eigenvalue weighted by Gasteiger charge is -2.12. The minimum Gasteiger partial charge on any atom is -0.384 e. The normalized spacial score (nSPS) is 15.5. The molecule has 0 atom stereocenters. The van der Waals surface area contributed by atoms with Gasteiger partial charge in [-0.15, -0.1) is 11.3 Å². The van der Waals surface area contributed by atoms with E-state index in [0.717, 1.165) is 24.1 Å². The second-order valence-corrected chi connectivity index (χ2v) is 7.08. The van der Waals surface area contributed by atoms with E-state index in [9.17, 15) is 4.79 Å². The Hall–Kier alpha value is -1.72. The summed E-state index contributed by atoms with van der Waals surface area (Å²) in [4.78, 5) is 17.7. The molecule has 1 amide bonds. The largest absolute Gasteiger partial charge is 0.384 e. The molecule has 0 unspecified atom stereocenters. The van der Waals surface area contributed by atoms with Crippen LogP contribution in [0.5, 0.6) is 0 Å². The third kappa shape index (κ3) is 3.36. The fourth-order valence-corrected chi connectivity index (χ4v) is 3.41. The van der Waals surface area contributed by atoms with Crippen LogP contribution in [0.25, 0.3) is 0 Å². The summed E-state index contributed by atoms with van der Waals surface area (Å²) in [5.74, 6) is 0.0332. The molecule has 1 aromatic carbocycles. The number of nitrogens with one attached hydrogen (secondary N) is 1. The van der Waals surface area contributed by atoms with Crippen LogP contribution < -0.4 is 5.32 Å². The molecule has 2 aromatic rings. The van der Waals surface area contributed by atoms with E-state index in [1.807, 2.05) is 6.20 Å². The van der Waals surface area contributed by atoms with Crippen LogP contribution in [0.1, 0.15) is 28.8 Å². The number of ether oxygens (including phenoxy) is 1. The number of carbonyl (C=O) groups is 1. The maximum Gasteiger partial charge on any atom is 0.234 e. The molecule has 1 saturated carbocycles. The highest BCUT2D eigenvalue weighted by Gasteiger charge is 2.50. The summed E-state index contributed by atoms with van der Waals surface area (Å²) >= 11 is 1.54. The van der Waals surface area contributed by atoms with E-state index in [-0.39, 0.29) is 11.3 Å². The van der Waals surface area contributed by atoms with E-state index >= 15 is 0 Å². The van der Waals surface area contributed by atoms with Crippen molar-refractivity contribution in [2.24, 2.45) is 5.41 Å². The third-order valence-corrected chi connectivity index (χ3v) is 4.90. The van der Waals surface area contributed by atoms with Gasteiger partial charge in [-0.1, -0.05) is 29.8 Å². The lowest BCUT2D eigenvalue weighted by Crippen LogP contribution is -2.27. The van der Waals surface area contributed by atoms with E-state index < -0.39 is 0 Å². The van der Waals surface area contributed by atoms with Crippen molar-refractivity contribution in [3.05, 3.63) is 46.5 Å². The van der Waals surface area contributed by atoms with Gasteiger partial charge in [0.15, 0.2) is 5.13 Å². The summed E-state index contributed by atoms with van der Waals surface area (Å²) in [6, 6.07) is 8.45. The quantitative estimate of drug-likeness (QED) is 0.888. The van der Waals surface area contributed by atoms with Crippen molar-refractivity contribution in [3.63, 3.8) is 0 Å². The molecule has 116 valence electrons. The minimum atomic E-state index is -0.322. The molecule has 1 aromatic heterocycles. The molecule has 1 heterocycles. The highest BCUT2D eigenvalue weighted by molar-refractivity contribution is 7.15. The average molecular weight is 316 g/mol. The zero-order valence-electron chi connectivity index (χ0n) is 12.9. The Kier molecular flexibility index (Phi) is 4.27. The fourth-order valence-electron chi connectivity index (χ4n) is 2.56. The zero-order valence-corrected chi connectivity index (χ0v) is 13.7. The molecular formula is C17H20N2O2S. The summed E-state index contributed by atoms with van der Waals surface area (Å²) < 4.78 is 5.15. The fraction of sp³-hybridized carbons (Fsp3) is 0.412. The van der Waals surface area contributed by atoms with Crippen molar-refractivity contribution in [1.29, 1.82) is 0 Å². The first-order chi connectivity index (χ1) is 10.6. The van der Waals surface area contributed by atoms with Gasteiger partial charge in [0.05, 0.1) is 12.0 Å². The Morgan fingerprint density at radius 2 is 2.27 bits per heavy atom. The SMILES string of the molecule is COCC1(C(=O)Nc2ncc(Cc3cccc(C)c3)s2)CC1. The molecule has 5 heteroatoms. The lowest BCUT2D eigenvalue weighted by molar-refractivity contribution is -0.122. The van der Waals surface area contributed by atoms with Gasteiger partial charge in [-0.05, 0) is 25.3 Å². The van der Waals surface area contributed by atoms with Gasteiger partial charge in [-0.25, -0.2) is 4.98 Å². The molecule has 0 bridgehead atoms. The number of thiazole rings is 1. The smallest absolute Gasteiger partial charge is 0.234 e. The number of hydrogen-bond donors (Lipinski definition) is 1. The molecule has 4 nitrogen and oxygen atoms in total. The number of nitrogens with zero attached hydrogens (tertiary/aromatic N) is 1. The molecule has 0 spiro atoms. The summed E-state index contributed by atoms with van der Waals surface area (Å²) in [6.07, 6.45) is 4.49. The van der Waals surface area contributed by atoms with Crippen LogP contribution in [0, 0.1) is 12.3 Å². The van der Waals surface area contributed by atoms with Gasteiger partial charge in [0.25, 0.3) is 0 Å². The van der Waals surface area contributed by atoms with Crippen molar-refractivity contribution >= 4 is 22.4 Å². The van der Waals surface area contributed by atoms with Crippen LogP contribution in [0.2, 0.25) is 0 Å². The van der Waals surface area contributed by atoms with E-state index in [4.69, 9.17) is 4.74 Å². The Labute approximate surface area is 134 Å². The molecule has 1 fully saturated rings. The highest BCUT2D eigenvalue weighted by Crippen LogP contribution is 2.46. The summed E-state index contributed by atoms with van der Waals surface area (Å²) in [5.41, 5.74) is 2.20. The van der Waals surface area contributed by atoms with Crippen molar-refractivity contribution < 1.29 is 9.53 Å². The minimum absolute atomic E-state index is 0.0332. The van der Waals surface area contributed by atoms with Crippen LogP contribution >= 0.6 is 11.3 Å². The van der Waals surface area contributed by atoms with Crippen LogP contribution in [-0.2, 0) is 16.0 Å². The number of methoxy groups -OCH3 is 1. The summed E-state index contributed by atoms with van der Waals surface area (Å²) in [7, 11) is 1.64.